The molecule has 2 aromatic rings. The molecule has 1 N–H and O–H groups in total. The summed E-state index contributed by atoms with van der Waals surface area (Å²) in [6.07, 6.45) is 0. The van der Waals surface area contributed by atoms with Crippen molar-refractivity contribution >= 4 is 5.97 Å². The fourth-order valence-electron chi connectivity index (χ4n) is 1.98. The van der Waals surface area contributed by atoms with Gasteiger partial charge in [-0.1, -0.05) is 47.6 Å². The Hall–Kier alpha value is -2.85. The van der Waals surface area contributed by atoms with Crippen molar-refractivity contribution in [3.8, 4) is 11.1 Å². The largest absolute Gasteiger partial charge is 0.480 e. The van der Waals surface area contributed by atoms with Crippen LogP contribution in [0.3, 0.4) is 0 Å². The normalized spacial score (nSPS) is 13.0. The highest BCUT2D eigenvalue weighted by atomic mass is 19.1. The molecule has 106 valence electrons. The van der Waals surface area contributed by atoms with Crippen LogP contribution in [0.2, 0.25) is 0 Å². The first-order valence-electron chi connectivity index (χ1n) is 6.14. The first kappa shape index (κ1) is 14.6. The zero-order chi connectivity index (χ0) is 15.5. The lowest BCUT2D eigenvalue weighted by atomic mass is 9.91. The minimum absolute atomic E-state index is 0.0879. The third kappa shape index (κ3) is 2.70. The zero-order valence-electron chi connectivity index (χ0n) is 11.2. The minimum Gasteiger partial charge on any atom is -0.480 e. The predicted octanol–water partition coefficient (Wildman–Crippen LogP) is 4.10. The fraction of sp³-hybridized carbons (Fsp3) is 0.133. The maximum atomic E-state index is 14.2. The molecule has 2 aromatic carbocycles. The third-order valence-electron chi connectivity index (χ3n) is 3.28. The molecule has 0 bridgehead atoms. The van der Waals surface area contributed by atoms with Gasteiger partial charge in [0.15, 0.2) is 5.54 Å². The second-order valence-electron chi connectivity index (χ2n) is 4.63. The lowest BCUT2D eigenvalue weighted by Crippen LogP contribution is -2.29. The number of benzene rings is 2. The molecule has 0 heterocycles. The molecule has 21 heavy (non-hydrogen) atoms. The number of aliphatic carboxylic acids is 1. The van der Waals surface area contributed by atoms with Crippen molar-refractivity contribution in [1.29, 1.82) is 0 Å². The van der Waals surface area contributed by atoms with Crippen LogP contribution in [0, 0.1) is 5.82 Å². The van der Waals surface area contributed by atoms with Crippen LogP contribution in [-0.4, -0.2) is 11.1 Å². The molecular weight excluding hydrogens is 273 g/mol. The van der Waals surface area contributed by atoms with Crippen LogP contribution < -0.4 is 0 Å². The van der Waals surface area contributed by atoms with Gasteiger partial charge in [0.2, 0.25) is 0 Å². The Morgan fingerprint density at radius 2 is 1.95 bits per heavy atom. The molecule has 0 amide bonds. The summed E-state index contributed by atoms with van der Waals surface area (Å²) in [6, 6.07) is 12.9. The number of hydrogen-bond acceptors (Lipinski definition) is 2. The number of rotatable bonds is 4. The minimum atomic E-state index is -1.84. The van der Waals surface area contributed by atoms with Gasteiger partial charge in [0.05, 0.1) is 0 Å². The summed E-state index contributed by atoms with van der Waals surface area (Å²) < 4.78 is 14.2. The first-order chi connectivity index (χ1) is 9.99. The average molecular weight is 285 g/mol. The van der Waals surface area contributed by atoms with Crippen LogP contribution in [-0.2, 0) is 10.3 Å². The van der Waals surface area contributed by atoms with Crippen molar-refractivity contribution in [1.82, 2.24) is 0 Å². The van der Waals surface area contributed by atoms with Crippen molar-refractivity contribution in [2.24, 2.45) is 5.11 Å². The Morgan fingerprint density at radius 1 is 1.29 bits per heavy atom. The molecule has 0 saturated heterocycles. The molecule has 1 atom stereocenters. The van der Waals surface area contributed by atoms with Gasteiger partial charge in [0.1, 0.15) is 5.82 Å². The molecule has 1 unspecified atom stereocenters. The third-order valence-corrected chi connectivity index (χ3v) is 3.28. The van der Waals surface area contributed by atoms with Crippen LogP contribution in [0.5, 0.6) is 0 Å². The van der Waals surface area contributed by atoms with Crippen LogP contribution in [0.4, 0.5) is 4.39 Å². The Morgan fingerprint density at radius 3 is 2.48 bits per heavy atom. The van der Waals surface area contributed by atoms with E-state index in [0.717, 1.165) is 6.07 Å². The van der Waals surface area contributed by atoms with E-state index >= 15 is 0 Å². The van der Waals surface area contributed by atoms with Crippen LogP contribution in [0.1, 0.15) is 12.5 Å². The number of nitrogens with zero attached hydrogens (tertiary/aromatic N) is 3. The van der Waals surface area contributed by atoms with Gasteiger partial charge in [0, 0.05) is 10.5 Å². The highest BCUT2D eigenvalue weighted by Crippen LogP contribution is 2.30. The molecule has 0 fully saturated rings. The summed E-state index contributed by atoms with van der Waals surface area (Å²) in [4.78, 5) is 13.8. The number of azide groups is 1. The van der Waals surface area contributed by atoms with Crippen molar-refractivity contribution in [2.75, 3.05) is 0 Å². The van der Waals surface area contributed by atoms with Gasteiger partial charge in [-0.15, -0.1) is 0 Å². The van der Waals surface area contributed by atoms with E-state index in [4.69, 9.17) is 5.53 Å². The molecule has 0 aliphatic rings. The van der Waals surface area contributed by atoms with Crippen LogP contribution in [0.25, 0.3) is 21.6 Å². The maximum Gasteiger partial charge on any atom is 0.319 e. The van der Waals surface area contributed by atoms with Crippen molar-refractivity contribution < 1.29 is 14.3 Å². The maximum absolute atomic E-state index is 14.2. The Labute approximate surface area is 120 Å². The van der Waals surface area contributed by atoms with Crippen LogP contribution in [0.15, 0.2) is 53.6 Å². The SMILES string of the molecule is CC(N=[N+]=[N-])(C(=O)O)c1ccc(-c2ccccc2)c(F)c1. The van der Waals surface area contributed by atoms with E-state index in [2.05, 4.69) is 10.0 Å². The van der Waals surface area contributed by atoms with E-state index < -0.39 is 17.3 Å². The topological polar surface area (TPSA) is 86.1 Å². The molecule has 0 saturated carbocycles. The summed E-state index contributed by atoms with van der Waals surface area (Å²) in [5.41, 5.74) is 7.80. The quantitative estimate of drug-likeness (QED) is 0.520. The number of halogens is 1. The number of carboxylic acids is 1. The van der Waals surface area contributed by atoms with Gasteiger partial charge >= 0.3 is 5.97 Å². The first-order valence-corrected chi connectivity index (χ1v) is 6.14. The summed E-state index contributed by atoms with van der Waals surface area (Å²) in [6.45, 7) is 1.23. The van der Waals surface area contributed by atoms with Gasteiger partial charge in [-0.05, 0) is 29.6 Å². The molecule has 6 heteroatoms. The standard InChI is InChI=1S/C15H12FN3O2/c1-15(14(20)21,18-19-17)11-7-8-12(13(16)9-11)10-5-3-2-4-6-10/h2-9H,1H3,(H,20,21). The van der Waals surface area contributed by atoms with E-state index in [0.29, 0.717) is 11.1 Å². The van der Waals surface area contributed by atoms with E-state index in [1.54, 1.807) is 24.3 Å². The zero-order valence-corrected chi connectivity index (χ0v) is 11.2. The number of hydrogen-bond donors (Lipinski definition) is 1. The van der Waals surface area contributed by atoms with Crippen molar-refractivity contribution in [2.45, 2.75) is 12.5 Å². The van der Waals surface area contributed by atoms with Crippen LogP contribution >= 0.6 is 0 Å². The smallest absolute Gasteiger partial charge is 0.319 e. The number of carboxylic acid groups (broad SMARTS) is 1. The molecule has 0 spiro atoms. The second-order valence-corrected chi connectivity index (χ2v) is 4.63. The second kappa shape index (κ2) is 5.64. The highest BCUT2D eigenvalue weighted by Gasteiger charge is 2.34. The predicted molar refractivity (Wildman–Crippen MR) is 76.0 cm³/mol. The van der Waals surface area contributed by atoms with E-state index in [1.807, 2.05) is 6.07 Å². The molecule has 5 nitrogen and oxygen atoms in total. The van der Waals surface area contributed by atoms with E-state index in [-0.39, 0.29) is 5.56 Å². The van der Waals surface area contributed by atoms with Crippen molar-refractivity contribution in [3.63, 3.8) is 0 Å². The van der Waals surface area contributed by atoms with Gasteiger partial charge < -0.3 is 5.11 Å². The van der Waals surface area contributed by atoms with Gasteiger partial charge in [-0.3, -0.25) is 4.79 Å². The molecule has 0 aliphatic heterocycles. The Kier molecular flexibility index (Phi) is 3.91. The van der Waals surface area contributed by atoms with Gasteiger partial charge in [-0.25, -0.2) is 4.39 Å². The van der Waals surface area contributed by atoms with Crippen molar-refractivity contribution in [3.05, 3.63) is 70.4 Å². The fourth-order valence-corrected chi connectivity index (χ4v) is 1.98. The van der Waals surface area contributed by atoms with E-state index in [9.17, 15) is 14.3 Å². The lowest BCUT2D eigenvalue weighted by Gasteiger charge is -2.19. The summed E-state index contributed by atoms with van der Waals surface area (Å²) in [5.74, 6) is -1.91. The average Bonchev–Trinajstić information content (AvgIpc) is 2.48. The van der Waals surface area contributed by atoms with E-state index in [1.165, 1.54) is 19.1 Å². The molecule has 0 radical (unpaired) electrons. The lowest BCUT2D eigenvalue weighted by molar-refractivity contribution is -0.142. The highest BCUT2D eigenvalue weighted by molar-refractivity contribution is 5.81. The summed E-state index contributed by atoms with van der Waals surface area (Å²) in [5, 5.41) is 12.5. The van der Waals surface area contributed by atoms with Gasteiger partial charge in [-0.2, -0.15) is 0 Å². The number of carbonyl (C=O) groups is 1. The Balaban J connectivity index is 2.53. The molecule has 0 aromatic heterocycles. The van der Waals surface area contributed by atoms with Gasteiger partial charge in [0.25, 0.3) is 0 Å². The monoisotopic (exact) mass is 285 g/mol. The Bertz CT molecular complexity index is 723. The summed E-state index contributed by atoms with van der Waals surface area (Å²) >= 11 is 0. The molecule has 0 aliphatic carbocycles. The summed E-state index contributed by atoms with van der Waals surface area (Å²) in [7, 11) is 0. The molecular formula is C15H12FN3O2. The molecule has 2 rings (SSSR count).